The molecule has 1 atom stereocenters. The molecule has 3 nitrogen and oxygen atoms in total. The van der Waals surface area contributed by atoms with E-state index in [9.17, 15) is 0 Å². The van der Waals surface area contributed by atoms with Gasteiger partial charge < -0.3 is 0 Å². The fraction of sp³-hybridized carbons (Fsp3) is 0.0678. The van der Waals surface area contributed by atoms with Gasteiger partial charge in [0.2, 0.25) is 0 Å². The molecule has 306 valence electrons. The van der Waals surface area contributed by atoms with E-state index in [0.29, 0.717) is 17.6 Å². The predicted molar refractivity (Wildman–Crippen MR) is 271 cm³/mol. The minimum atomic E-state index is -2.81. The van der Waals surface area contributed by atoms with Crippen LogP contribution < -0.4 is 25.9 Å². The van der Waals surface area contributed by atoms with Crippen LogP contribution in [0, 0.1) is 0 Å². The predicted octanol–water partition coefficient (Wildman–Crippen LogP) is 10.9. The Morgan fingerprint density at radius 1 is 0.422 bits per heavy atom. The van der Waals surface area contributed by atoms with E-state index in [1.165, 1.54) is 59.7 Å². The zero-order chi connectivity index (χ0) is 42.8. The summed E-state index contributed by atoms with van der Waals surface area (Å²) in [6.07, 6.45) is 5.76. The van der Waals surface area contributed by atoms with E-state index in [4.69, 9.17) is 15.0 Å². The van der Waals surface area contributed by atoms with Crippen LogP contribution in [0.2, 0.25) is 13.1 Å². The number of rotatable bonds is 7. The van der Waals surface area contributed by atoms with Gasteiger partial charge in [0.25, 0.3) is 0 Å². The monoisotopic (exact) mass is 851 g/mol. The molecule has 1 aromatic heterocycles. The van der Waals surface area contributed by atoms with E-state index in [2.05, 4.69) is 232 Å². The van der Waals surface area contributed by atoms with Gasteiger partial charge in [-0.15, -0.1) is 0 Å². The van der Waals surface area contributed by atoms with Crippen LogP contribution in [-0.2, 0) is 0 Å². The quantitative estimate of drug-likeness (QED) is 0.150. The Morgan fingerprint density at radius 3 is 1.61 bits per heavy atom. The van der Waals surface area contributed by atoms with E-state index in [1.807, 2.05) is 0 Å². The highest BCUT2D eigenvalue weighted by Gasteiger charge is 2.39. The molecule has 1 aliphatic carbocycles. The highest BCUT2D eigenvalue weighted by molar-refractivity contribution is 7.22. The van der Waals surface area contributed by atoms with Crippen molar-refractivity contribution in [1.29, 1.82) is 0 Å². The second-order valence-corrected chi connectivity index (χ2v) is 25.9. The van der Waals surface area contributed by atoms with Gasteiger partial charge in [-0.05, 0) is 59.9 Å². The molecule has 0 bridgehead atoms. The summed E-state index contributed by atoms with van der Waals surface area (Å²) in [6.45, 7) is 5.04. The van der Waals surface area contributed by atoms with Crippen molar-refractivity contribution in [3.8, 4) is 56.2 Å². The Bertz CT molecular complexity index is 3270. The summed E-state index contributed by atoms with van der Waals surface area (Å²) in [4.78, 5) is 16.3. The maximum absolute atomic E-state index is 5.54. The SMILES string of the molecule is C[Si-]1(C)C2=CC(c3nc(-c4ccccc4)nc(-c4cccc5c4-c4cc(-c6ccccc6)ccc4[Si-]5(c4ccccc4)c4ccccc4)n3)=CCC2c2ccc(-c3ccccc3)cc21. The van der Waals surface area contributed by atoms with Gasteiger partial charge in [-0.25, -0.2) is 15.0 Å². The van der Waals surface area contributed by atoms with Gasteiger partial charge in [0.1, 0.15) is 0 Å². The molecule has 1 unspecified atom stereocenters. The Kier molecular flexibility index (Phi) is 9.11. The summed E-state index contributed by atoms with van der Waals surface area (Å²) < 4.78 is 0. The molecule has 0 saturated heterocycles. The van der Waals surface area contributed by atoms with Crippen molar-refractivity contribution < 1.29 is 0 Å². The van der Waals surface area contributed by atoms with Crippen LogP contribution >= 0.6 is 0 Å². The first-order valence-electron chi connectivity index (χ1n) is 22.4. The summed E-state index contributed by atoms with van der Waals surface area (Å²) in [6, 6.07) is 75.6. The van der Waals surface area contributed by atoms with Gasteiger partial charge in [-0.3, -0.25) is 0 Å². The minimum absolute atomic E-state index is 0.377. The Balaban J connectivity index is 1.06. The molecule has 5 heteroatoms. The number of hydrogen-bond donors (Lipinski definition) is 0. The van der Waals surface area contributed by atoms with E-state index in [1.54, 1.807) is 10.4 Å². The maximum Gasteiger partial charge on any atom is 0.164 e. The fourth-order valence-corrected chi connectivity index (χ4v) is 19.7. The summed E-state index contributed by atoms with van der Waals surface area (Å²) >= 11 is 0. The molecule has 64 heavy (non-hydrogen) atoms. The van der Waals surface area contributed by atoms with Crippen LogP contribution in [0.1, 0.15) is 23.7 Å². The molecule has 2 aliphatic heterocycles. The number of hydrogen-bond acceptors (Lipinski definition) is 3. The average Bonchev–Trinajstić information content (AvgIpc) is 3.79. The van der Waals surface area contributed by atoms with Crippen LogP contribution in [0.15, 0.2) is 224 Å². The van der Waals surface area contributed by atoms with Crippen molar-refractivity contribution in [3.05, 3.63) is 235 Å². The Morgan fingerprint density at radius 2 is 0.969 bits per heavy atom. The molecule has 0 fully saturated rings. The summed E-state index contributed by atoms with van der Waals surface area (Å²) in [7, 11) is -4.84. The molecule has 3 aliphatic rings. The summed E-state index contributed by atoms with van der Waals surface area (Å²) in [5, 5.41) is 8.57. The van der Waals surface area contributed by atoms with Crippen LogP contribution in [0.25, 0.3) is 61.7 Å². The third-order valence-electron chi connectivity index (χ3n) is 14.0. The van der Waals surface area contributed by atoms with Crippen LogP contribution in [0.5, 0.6) is 0 Å². The summed E-state index contributed by atoms with van der Waals surface area (Å²) in [5.41, 5.74) is 12.0. The minimum Gasteiger partial charge on any atom is -0.208 e. The molecule has 0 spiro atoms. The number of nitrogens with zero attached hydrogens (tertiary/aromatic N) is 3. The lowest BCUT2D eigenvalue weighted by Crippen LogP contribution is -2.72. The maximum atomic E-state index is 5.54. The third-order valence-corrected chi connectivity index (χ3v) is 22.6. The average molecular weight is 852 g/mol. The van der Waals surface area contributed by atoms with E-state index >= 15 is 0 Å². The molecule has 0 saturated carbocycles. The van der Waals surface area contributed by atoms with E-state index in [-0.39, 0.29) is 0 Å². The molecule has 3 heterocycles. The lowest BCUT2D eigenvalue weighted by molar-refractivity contribution is 0.850. The Hall–Kier alpha value is -7.32. The zero-order valence-electron chi connectivity index (χ0n) is 35.9. The van der Waals surface area contributed by atoms with Crippen molar-refractivity contribution >= 4 is 47.7 Å². The zero-order valence-corrected chi connectivity index (χ0v) is 37.9. The van der Waals surface area contributed by atoms with Crippen molar-refractivity contribution in [2.24, 2.45) is 0 Å². The molecule has 0 radical (unpaired) electrons. The molecule has 0 N–H and O–H groups in total. The number of benzene rings is 8. The summed E-state index contributed by atoms with van der Waals surface area (Å²) in [5.74, 6) is 2.48. The van der Waals surface area contributed by atoms with Crippen LogP contribution in [-0.4, -0.2) is 31.1 Å². The number of allylic oxidation sites excluding steroid dienone is 4. The second-order valence-electron chi connectivity index (χ2n) is 17.8. The first kappa shape index (κ1) is 38.4. The van der Waals surface area contributed by atoms with Crippen LogP contribution in [0.4, 0.5) is 0 Å². The molecular weight excluding hydrogens is 807 g/mol. The van der Waals surface area contributed by atoms with Crippen molar-refractivity contribution in [2.45, 2.75) is 25.4 Å². The van der Waals surface area contributed by atoms with E-state index in [0.717, 1.165) is 28.9 Å². The van der Waals surface area contributed by atoms with Gasteiger partial charge in [-0.2, -0.15) is 44.2 Å². The van der Waals surface area contributed by atoms with Gasteiger partial charge >= 0.3 is 0 Å². The third kappa shape index (κ3) is 6.03. The molecule has 12 rings (SSSR count). The first-order chi connectivity index (χ1) is 31.5. The Labute approximate surface area is 377 Å². The normalized spacial score (nSPS) is 16.2. The van der Waals surface area contributed by atoms with Gasteiger partial charge in [0, 0.05) is 16.7 Å². The van der Waals surface area contributed by atoms with Gasteiger partial charge in [0.05, 0.1) is 0 Å². The largest absolute Gasteiger partial charge is 0.208 e. The van der Waals surface area contributed by atoms with Crippen molar-refractivity contribution in [1.82, 2.24) is 15.0 Å². The lowest BCUT2D eigenvalue weighted by atomic mass is 9.89. The topological polar surface area (TPSA) is 38.7 Å². The van der Waals surface area contributed by atoms with E-state index < -0.39 is 16.1 Å². The second kappa shape index (κ2) is 15.2. The fourth-order valence-electron chi connectivity index (χ4n) is 11.0. The molecule has 9 aromatic rings. The molecule has 0 amide bonds. The first-order valence-corrected chi connectivity index (χ1v) is 27.4. The highest BCUT2D eigenvalue weighted by Crippen LogP contribution is 2.46. The van der Waals surface area contributed by atoms with Crippen molar-refractivity contribution in [3.63, 3.8) is 0 Å². The number of aromatic nitrogens is 3. The molecule has 8 aromatic carbocycles. The van der Waals surface area contributed by atoms with Gasteiger partial charge in [-0.1, -0.05) is 226 Å². The smallest absolute Gasteiger partial charge is 0.164 e. The lowest BCUT2D eigenvalue weighted by Gasteiger charge is -2.44. The highest BCUT2D eigenvalue weighted by atomic mass is 28.3. The molecular formula is C59H45N3Si2-2. The number of fused-ring (bicyclic) bond motifs is 6. The standard InChI is InChI=1S/C59H45N3Si2/c1-63(2)54-38-44(41-21-10-4-11-22-41)31-34-48(54)49-35-32-45(39-55(49)63)58-60-57(42-23-12-5-13-24-42)61-59(62-58)50-29-18-30-53-56(50)51-37-43(40-19-8-3-9-20-40)33-36-52(51)64(53,46-25-14-6-15-26-46)47-27-16-7-17-28-47/h3-34,36-39,49H,35H2,1-2H3/q-2. The van der Waals surface area contributed by atoms with Gasteiger partial charge in [0.15, 0.2) is 17.5 Å². The van der Waals surface area contributed by atoms with Crippen LogP contribution in [0.3, 0.4) is 0 Å². The van der Waals surface area contributed by atoms with Crippen molar-refractivity contribution in [2.75, 3.05) is 0 Å².